The van der Waals surface area contributed by atoms with Gasteiger partial charge in [-0.05, 0) is 24.1 Å². The van der Waals surface area contributed by atoms with E-state index in [1.165, 1.54) is 12.0 Å². The fourth-order valence-electron chi connectivity index (χ4n) is 3.63. The van der Waals surface area contributed by atoms with Gasteiger partial charge in [-0.25, -0.2) is 0 Å². The Morgan fingerprint density at radius 1 is 1.19 bits per heavy atom. The first-order valence-electron chi connectivity index (χ1n) is 9.78. The summed E-state index contributed by atoms with van der Waals surface area (Å²) < 4.78 is 16.1. The predicted molar refractivity (Wildman–Crippen MR) is 106 cm³/mol. The molecule has 0 spiro atoms. The van der Waals surface area contributed by atoms with Gasteiger partial charge in [0.15, 0.2) is 5.96 Å². The Morgan fingerprint density at radius 2 is 1.96 bits per heavy atom. The Labute approximate surface area is 162 Å². The van der Waals surface area contributed by atoms with Gasteiger partial charge in [0, 0.05) is 52.9 Å². The van der Waals surface area contributed by atoms with Crippen molar-refractivity contribution < 1.29 is 14.2 Å². The molecule has 1 N–H and O–H groups in total. The van der Waals surface area contributed by atoms with Gasteiger partial charge in [0.05, 0.1) is 19.8 Å². The number of methoxy groups -OCH3 is 1. The van der Waals surface area contributed by atoms with E-state index >= 15 is 0 Å². The monoisotopic (exact) mass is 376 g/mol. The molecule has 0 aromatic heterocycles. The maximum atomic E-state index is 5.61. The van der Waals surface area contributed by atoms with E-state index in [2.05, 4.69) is 32.2 Å². The molecule has 1 aromatic carbocycles. The van der Waals surface area contributed by atoms with Crippen molar-refractivity contribution in [1.82, 2.24) is 15.1 Å². The Hall–Kier alpha value is -1.83. The molecule has 2 aliphatic heterocycles. The molecule has 0 radical (unpaired) electrons. The maximum absolute atomic E-state index is 5.61. The third kappa shape index (κ3) is 5.82. The van der Waals surface area contributed by atoms with Gasteiger partial charge in [-0.1, -0.05) is 12.1 Å². The van der Waals surface area contributed by atoms with Crippen LogP contribution in [0.2, 0.25) is 0 Å². The van der Waals surface area contributed by atoms with E-state index in [0.717, 1.165) is 57.6 Å². The van der Waals surface area contributed by atoms with Crippen molar-refractivity contribution in [1.29, 1.82) is 0 Å². The van der Waals surface area contributed by atoms with Crippen LogP contribution in [0.5, 0.6) is 5.75 Å². The minimum absolute atomic E-state index is 0.569. The summed E-state index contributed by atoms with van der Waals surface area (Å²) in [6.45, 7) is 7.81. The number of aliphatic imine (C=N–C) groups is 1. The van der Waals surface area contributed by atoms with Gasteiger partial charge in [-0.2, -0.15) is 0 Å². The number of morpholine rings is 1. The summed E-state index contributed by atoms with van der Waals surface area (Å²) in [4.78, 5) is 9.40. The van der Waals surface area contributed by atoms with Crippen molar-refractivity contribution in [3.05, 3.63) is 29.8 Å². The van der Waals surface area contributed by atoms with E-state index in [1.807, 2.05) is 19.2 Å². The molecule has 2 saturated heterocycles. The minimum Gasteiger partial charge on any atom is -0.491 e. The van der Waals surface area contributed by atoms with Crippen molar-refractivity contribution in [3.63, 3.8) is 0 Å². The van der Waals surface area contributed by atoms with Crippen molar-refractivity contribution in [2.75, 3.05) is 66.8 Å². The van der Waals surface area contributed by atoms with E-state index in [4.69, 9.17) is 14.2 Å². The van der Waals surface area contributed by atoms with E-state index in [0.29, 0.717) is 19.3 Å². The van der Waals surface area contributed by atoms with Gasteiger partial charge in [-0.15, -0.1) is 0 Å². The van der Waals surface area contributed by atoms with Crippen LogP contribution < -0.4 is 10.1 Å². The van der Waals surface area contributed by atoms with Crippen LogP contribution in [0, 0.1) is 0 Å². The van der Waals surface area contributed by atoms with Crippen LogP contribution in [-0.2, 0) is 16.0 Å². The normalized spacial score (nSPS) is 21.5. The van der Waals surface area contributed by atoms with Crippen molar-refractivity contribution in [2.24, 2.45) is 4.99 Å². The van der Waals surface area contributed by atoms with Crippen LogP contribution in [0.15, 0.2) is 29.3 Å². The number of likely N-dealkylation sites (tertiary alicyclic amines) is 1. The summed E-state index contributed by atoms with van der Waals surface area (Å²) >= 11 is 0. The molecule has 7 heteroatoms. The van der Waals surface area contributed by atoms with Gasteiger partial charge < -0.3 is 24.4 Å². The first kappa shape index (κ1) is 19.9. The highest BCUT2D eigenvalue weighted by atomic mass is 16.5. The van der Waals surface area contributed by atoms with E-state index < -0.39 is 0 Å². The Morgan fingerprint density at radius 3 is 2.67 bits per heavy atom. The number of hydrogen-bond acceptors (Lipinski definition) is 5. The predicted octanol–water partition coefficient (Wildman–Crippen LogP) is 1.19. The molecule has 2 aliphatic rings. The van der Waals surface area contributed by atoms with E-state index in [1.54, 1.807) is 7.11 Å². The molecule has 1 aromatic rings. The number of rotatable bonds is 7. The average Bonchev–Trinajstić information content (AvgIpc) is 3.20. The van der Waals surface area contributed by atoms with Crippen LogP contribution in [0.4, 0.5) is 0 Å². The number of nitrogens with zero attached hydrogens (tertiary/aromatic N) is 3. The van der Waals surface area contributed by atoms with Crippen molar-refractivity contribution in [3.8, 4) is 5.75 Å². The van der Waals surface area contributed by atoms with Crippen LogP contribution in [0.3, 0.4) is 0 Å². The quantitative estimate of drug-likeness (QED) is 0.438. The SMILES string of the molecule is CN=C(NCc1ccc(OCCOC)cc1)N1CCC(N2CCOCC2)C1. The lowest BCUT2D eigenvalue weighted by Gasteiger charge is -2.32. The zero-order valence-corrected chi connectivity index (χ0v) is 16.5. The third-order valence-electron chi connectivity index (χ3n) is 5.17. The molecule has 1 atom stereocenters. The van der Waals surface area contributed by atoms with Crippen molar-refractivity contribution >= 4 is 5.96 Å². The lowest BCUT2D eigenvalue weighted by molar-refractivity contribution is 0.0195. The fourth-order valence-corrected chi connectivity index (χ4v) is 3.63. The summed E-state index contributed by atoms with van der Waals surface area (Å²) in [5.74, 6) is 1.85. The molecule has 0 aliphatic carbocycles. The minimum atomic E-state index is 0.569. The molecule has 0 saturated carbocycles. The highest BCUT2D eigenvalue weighted by Gasteiger charge is 2.30. The second-order valence-corrected chi connectivity index (χ2v) is 6.92. The van der Waals surface area contributed by atoms with Gasteiger partial charge in [-0.3, -0.25) is 9.89 Å². The molecule has 0 amide bonds. The van der Waals surface area contributed by atoms with E-state index in [9.17, 15) is 0 Å². The Kier molecular flexibility index (Phi) is 7.74. The molecule has 1 unspecified atom stereocenters. The zero-order valence-electron chi connectivity index (χ0n) is 16.5. The summed E-state index contributed by atoms with van der Waals surface area (Å²) in [5.41, 5.74) is 1.21. The molecule has 27 heavy (non-hydrogen) atoms. The van der Waals surface area contributed by atoms with Crippen LogP contribution in [-0.4, -0.2) is 88.6 Å². The number of benzene rings is 1. The van der Waals surface area contributed by atoms with Gasteiger partial charge in [0.25, 0.3) is 0 Å². The third-order valence-corrected chi connectivity index (χ3v) is 5.17. The molecule has 150 valence electrons. The summed E-state index contributed by atoms with van der Waals surface area (Å²) in [6, 6.07) is 8.78. The first-order valence-corrected chi connectivity index (χ1v) is 9.78. The molecule has 2 heterocycles. The molecule has 2 fully saturated rings. The Bertz CT molecular complexity index is 587. The molecule has 7 nitrogen and oxygen atoms in total. The van der Waals surface area contributed by atoms with E-state index in [-0.39, 0.29) is 0 Å². The standard InChI is InChI=1S/C20H32N4O3/c1-21-20(24-8-7-18(16-24)23-9-11-26-12-10-23)22-15-17-3-5-19(6-4-17)27-14-13-25-2/h3-6,18H,7-16H2,1-2H3,(H,21,22). The number of hydrogen-bond donors (Lipinski definition) is 1. The summed E-state index contributed by atoms with van der Waals surface area (Å²) in [6.07, 6.45) is 1.19. The number of ether oxygens (including phenoxy) is 3. The van der Waals surface area contributed by atoms with Crippen LogP contribution in [0.1, 0.15) is 12.0 Å². The molecule has 3 rings (SSSR count). The Balaban J connectivity index is 1.45. The lowest BCUT2D eigenvalue weighted by Crippen LogP contribution is -2.46. The topological polar surface area (TPSA) is 58.6 Å². The second-order valence-electron chi connectivity index (χ2n) is 6.92. The largest absolute Gasteiger partial charge is 0.491 e. The summed E-state index contributed by atoms with van der Waals surface area (Å²) in [7, 11) is 3.53. The highest BCUT2D eigenvalue weighted by Crippen LogP contribution is 2.17. The molecular formula is C20H32N4O3. The second kappa shape index (κ2) is 10.5. The van der Waals surface area contributed by atoms with Crippen LogP contribution >= 0.6 is 0 Å². The summed E-state index contributed by atoms with van der Waals surface area (Å²) in [5, 5.41) is 3.49. The van der Waals surface area contributed by atoms with Crippen LogP contribution in [0.25, 0.3) is 0 Å². The number of nitrogens with one attached hydrogen (secondary N) is 1. The zero-order chi connectivity index (χ0) is 18.9. The maximum Gasteiger partial charge on any atom is 0.193 e. The molecular weight excluding hydrogens is 344 g/mol. The average molecular weight is 377 g/mol. The number of guanidine groups is 1. The molecule has 0 bridgehead atoms. The fraction of sp³-hybridized carbons (Fsp3) is 0.650. The first-order chi connectivity index (χ1) is 13.3. The van der Waals surface area contributed by atoms with Gasteiger partial charge in [0.1, 0.15) is 12.4 Å². The van der Waals surface area contributed by atoms with Gasteiger partial charge in [0.2, 0.25) is 0 Å². The van der Waals surface area contributed by atoms with Crippen molar-refractivity contribution in [2.45, 2.75) is 19.0 Å². The highest BCUT2D eigenvalue weighted by molar-refractivity contribution is 5.80. The smallest absolute Gasteiger partial charge is 0.193 e. The lowest BCUT2D eigenvalue weighted by atomic mass is 10.2. The van der Waals surface area contributed by atoms with Gasteiger partial charge >= 0.3 is 0 Å².